The number of amides is 1. The molecule has 1 N–H and O–H groups in total. The van der Waals surface area contributed by atoms with Crippen molar-refractivity contribution in [2.45, 2.75) is 18.8 Å². The van der Waals surface area contributed by atoms with Gasteiger partial charge in [0.25, 0.3) is 5.91 Å². The molecule has 6 nitrogen and oxygen atoms in total. The first-order chi connectivity index (χ1) is 13.1. The smallest absolute Gasteiger partial charge is 0.253 e. The Bertz CT molecular complexity index is 964. The van der Waals surface area contributed by atoms with Gasteiger partial charge in [-0.3, -0.25) is 14.4 Å². The topological polar surface area (TPSA) is 81.7 Å². The zero-order valence-electron chi connectivity index (χ0n) is 14.6. The van der Waals surface area contributed by atoms with Crippen molar-refractivity contribution in [3.8, 4) is 0 Å². The molecule has 2 atom stereocenters. The van der Waals surface area contributed by atoms with Crippen LogP contribution < -0.4 is 5.32 Å². The zero-order valence-corrected chi connectivity index (χ0v) is 14.6. The van der Waals surface area contributed by atoms with Crippen LogP contribution in [0.15, 0.2) is 65.7 Å². The average molecular weight is 363 g/mol. The molecule has 1 amide bonds. The molecule has 1 heterocycles. The first-order valence-corrected chi connectivity index (χ1v) is 8.55. The van der Waals surface area contributed by atoms with E-state index in [2.05, 4.69) is 5.32 Å². The van der Waals surface area contributed by atoms with Crippen molar-refractivity contribution < 1.29 is 23.9 Å². The van der Waals surface area contributed by atoms with Crippen LogP contribution in [0.3, 0.4) is 0 Å². The molecule has 4 rings (SSSR count). The Kier molecular flexibility index (Phi) is 4.43. The van der Waals surface area contributed by atoms with E-state index in [-0.39, 0.29) is 29.1 Å². The highest BCUT2D eigenvalue weighted by atomic mass is 16.7. The number of carbonyl (C=O) groups is 3. The van der Waals surface area contributed by atoms with E-state index in [4.69, 9.17) is 9.47 Å². The van der Waals surface area contributed by atoms with Crippen molar-refractivity contribution in [2.24, 2.45) is 0 Å². The standard InChI is InChI=1S/C21H17NO5/c1-26-21-17-15(18(23)13-9-5-6-10-14(13)19(17)24)11-16(27-21)20(25)22-12-7-3-2-4-8-12/h2-10,16,21H,11H2,1H3,(H,22,25). The summed E-state index contributed by atoms with van der Waals surface area (Å²) in [6, 6.07) is 15.6. The van der Waals surface area contributed by atoms with E-state index in [9.17, 15) is 14.4 Å². The average Bonchev–Trinajstić information content (AvgIpc) is 2.71. The molecule has 1 aliphatic heterocycles. The summed E-state index contributed by atoms with van der Waals surface area (Å²) in [7, 11) is 1.38. The Labute approximate surface area is 155 Å². The van der Waals surface area contributed by atoms with E-state index in [1.54, 1.807) is 48.5 Å². The van der Waals surface area contributed by atoms with Gasteiger partial charge in [0.15, 0.2) is 17.9 Å². The SMILES string of the molecule is COC1OC(C(=O)Nc2ccccc2)CC2=C1C(=O)c1ccccc1C2=O. The van der Waals surface area contributed by atoms with Crippen LogP contribution in [0.2, 0.25) is 0 Å². The summed E-state index contributed by atoms with van der Waals surface area (Å²) in [4.78, 5) is 38.4. The molecule has 2 unspecified atom stereocenters. The Morgan fingerprint density at radius 3 is 2.30 bits per heavy atom. The molecule has 136 valence electrons. The van der Waals surface area contributed by atoms with Crippen LogP contribution in [-0.4, -0.2) is 37.0 Å². The van der Waals surface area contributed by atoms with Gasteiger partial charge in [-0.15, -0.1) is 0 Å². The van der Waals surface area contributed by atoms with Gasteiger partial charge in [-0.1, -0.05) is 42.5 Å². The maximum absolute atomic E-state index is 12.9. The molecule has 0 spiro atoms. The van der Waals surface area contributed by atoms with Crippen LogP contribution >= 0.6 is 0 Å². The van der Waals surface area contributed by atoms with Crippen molar-refractivity contribution in [1.29, 1.82) is 0 Å². The van der Waals surface area contributed by atoms with E-state index in [0.717, 1.165) is 0 Å². The predicted octanol–water partition coefficient (Wildman–Crippen LogP) is 2.76. The highest BCUT2D eigenvalue weighted by molar-refractivity contribution is 6.27. The second-order valence-electron chi connectivity index (χ2n) is 6.35. The highest BCUT2D eigenvalue weighted by Gasteiger charge is 2.43. The lowest BCUT2D eigenvalue weighted by atomic mass is 9.80. The zero-order chi connectivity index (χ0) is 19.0. The number of fused-ring (bicyclic) bond motifs is 1. The summed E-state index contributed by atoms with van der Waals surface area (Å²) in [6.45, 7) is 0. The second-order valence-corrected chi connectivity index (χ2v) is 6.35. The monoisotopic (exact) mass is 363 g/mol. The van der Waals surface area contributed by atoms with Crippen molar-refractivity contribution in [1.82, 2.24) is 0 Å². The summed E-state index contributed by atoms with van der Waals surface area (Å²) in [5.41, 5.74) is 1.77. The first kappa shape index (κ1) is 17.3. The van der Waals surface area contributed by atoms with Crippen LogP contribution in [0, 0.1) is 0 Å². The number of ether oxygens (including phenoxy) is 2. The van der Waals surface area contributed by atoms with Gasteiger partial charge in [-0.05, 0) is 12.1 Å². The normalized spacial score (nSPS) is 21.5. The molecule has 2 aliphatic rings. The predicted molar refractivity (Wildman–Crippen MR) is 97.5 cm³/mol. The molecule has 1 aliphatic carbocycles. The Balaban J connectivity index is 1.66. The Hall–Kier alpha value is -3.09. The largest absolute Gasteiger partial charge is 0.351 e. The number of carbonyl (C=O) groups excluding carboxylic acids is 3. The number of methoxy groups -OCH3 is 1. The van der Waals surface area contributed by atoms with Crippen LogP contribution in [0.5, 0.6) is 0 Å². The second kappa shape index (κ2) is 6.90. The number of hydrogen-bond acceptors (Lipinski definition) is 5. The molecule has 2 aromatic rings. The maximum Gasteiger partial charge on any atom is 0.253 e. The van der Waals surface area contributed by atoms with Crippen LogP contribution in [0.25, 0.3) is 0 Å². The molecule has 0 saturated heterocycles. The van der Waals surface area contributed by atoms with Crippen LogP contribution in [0.1, 0.15) is 27.1 Å². The van der Waals surface area contributed by atoms with E-state index in [0.29, 0.717) is 16.8 Å². The number of para-hydroxylation sites is 1. The molecule has 0 aromatic heterocycles. The van der Waals surface area contributed by atoms with Gasteiger partial charge in [0, 0.05) is 35.9 Å². The van der Waals surface area contributed by atoms with Gasteiger partial charge in [-0.2, -0.15) is 0 Å². The van der Waals surface area contributed by atoms with Crippen molar-refractivity contribution >= 4 is 23.2 Å². The quantitative estimate of drug-likeness (QED) is 0.907. The minimum absolute atomic E-state index is 0.0206. The van der Waals surface area contributed by atoms with Crippen molar-refractivity contribution in [2.75, 3.05) is 12.4 Å². The molecule has 0 fully saturated rings. The molecular weight excluding hydrogens is 346 g/mol. The van der Waals surface area contributed by atoms with E-state index < -0.39 is 18.3 Å². The van der Waals surface area contributed by atoms with Crippen LogP contribution in [-0.2, 0) is 14.3 Å². The van der Waals surface area contributed by atoms with Crippen molar-refractivity contribution in [3.63, 3.8) is 0 Å². The van der Waals surface area contributed by atoms with Gasteiger partial charge in [0.1, 0.15) is 6.10 Å². The molecular formula is C21H17NO5. The van der Waals surface area contributed by atoms with E-state index in [1.807, 2.05) is 6.07 Å². The third-order valence-electron chi connectivity index (χ3n) is 4.72. The number of hydrogen-bond donors (Lipinski definition) is 1. The lowest BCUT2D eigenvalue weighted by Crippen LogP contribution is -2.44. The molecule has 0 bridgehead atoms. The minimum Gasteiger partial charge on any atom is -0.351 e. The maximum atomic E-state index is 12.9. The Morgan fingerprint density at radius 2 is 1.63 bits per heavy atom. The summed E-state index contributed by atoms with van der Waals surface area (Å²) in [6.07, 6.45) is -1.98. The van der Waals surface area contributed by atoms with Gasteiger partial charge < -0.3 is 14.8 Å². The lowest BCUT2D eigenvalue weighted by Gasteiger charge is -2.34. The van der Waals surface area contributed by atoms with Gasteiger partial charge in [0.2, 0.25) is 0 Å². The molecule has 27 heavy (non-hydrogen) atoms. The molecule has 0 saturated carbocycles. The highest BCUT2D eigenvalue weighted by Crippen LogP contribution is 2.36. The number of benzene rings is 2. The van der Waals surface area contributed by atoms with E-state index in [1.165, 1.54) is 7.11 Å². The fraction of sp³-hybridized carbons (Fsp3) is 0.190. The fourth-order valence-electron chi connectivity index (χ4n) is 3.42. The third-order valence-corrected chi connectivity index (χ3v) is 4.72. The lowest BCUT2D eigenvalue weighted by molar-refractivity contribution is -0.157. The summed E-state index contributed by atoms with van der Waals surface area (Å²) in [5, 5.41) is 2.76. The summed E-state index contributed by atoms with van der Waals surface area (Å²) < 4.78 is 11.0. The number of anilines is 1. The first-order valence-electron chi connectivity index (χ1n) is 8.55. The Morgan fingerprint density at radius 1 is 1.00 bits per heavy atom. The van der Waals surface area contributed by atoms with Crippen molar-refractivity contribution in [3.05, 3.63) is 76.9 Å². The number of ketones is 2. The van der Waals surface area contributed by atoms with Gasteiger partial charge in [-0.25, -0.2) is 0 Å². The number of nitrogens with one attached hydrogen (secondary N) is 1. The molecule has 6 heteroatoms. The molecule has 2 aromatic carbocycles. The number of rotatable bonds is 3. The third kappa shape index (κ3) is 2.99. The molecule has 0 radical (unpaired) electrons. The fourth-order valence-corrected chi connectivity index (χ4v) is 3.42. The van der Waals surface area contributed by atoms with Crippen LogP contribution in [0.4, 0.5) is 5.69 Å². The van der Waals surface area contributed by atoms with Gasteiger partial charge in [0.05, 0.1) is 5.57 Å². The minimum atomic E-state index is -1.06. The summed E-state index contributed by atoms with van der Waals surface area (Å²) in [5.74, 6) is -0.953. The number of Topliss-reactive ketones (excluding diaryl/α,β-unsaturated/α-hetero) is 2. The van der Waals surface area contributed by atoms with E-state index >= 15 is 0 Å². The summed E-state index contributed by atoms with van der Waals surface area (Å²) >= 11 is 0. The van der Waals surface area contributed by atoms with Gasteiger partial charge >= 0.3 is 0 Å².